The van der Waals surface area contributed by atoms with Crippen LogP contribution in [0, 0.1) is 0 Å². The summed E-state index contributed by atoms with van der Waals surface area (Å²) in [6.45, 7) is 6.44. The molecule has 0 aliphatic heterocycles. The Morgan fingerprint density at radius 3 is 2.80 bits per heavy atom. The molecule has 0 aromatic rings. The van der Waals surface area contributed by atoms with Gasteiger partial charge in [0, 0.05) is 26.7 Å². The number of rotatable bonds is 9. The molecule has 5 nitrogen and oxygen atoms in total. The van der Waals surface area contributed by atoms with Gasteiger partial charge < -0.3 is 19.5 Å². The first kappa shape index (κ1) is 17.4. The SMILES string of the molecule is CCNC1(C(=O)OCC)CCCC(OCCCOC)C1. The van der Waals surface area contributed by atoms with E-state index in [9.17, 15) is 4.79 Å². The zero-order chi connectivity index (χ0) is 14.8. The van der Waals surface area contributed by atoms with Crippen LogP contribution in [0.3, 0.4) is 0 Å². The quantitative estimate of drug-likeness (QED) is 0.518. The van der Waals surface area contributed by atoms with E-state index in [0.717, 1.165) is 32.2 Å². The lowest BCUT2D eigenvalue weighted by Crippen LogP contribution is -2.56. The van der Waals surface area contributed by atoms with Crippen LogP contribution in [0.4, 0.5) is 0 Å². The highest BCUT2D eigenvalue weighted by atomic mass is 16.5. The molecule has 20 heavy (non-hydrogen) atoms. The lowest BCUT2D eigenvalue weighted by atomic mass is 9.80. The lowest BCUT2D eigenvalue weighted by Gasteiger charge is -2.39. The number of methoxy groups -OCH3 is 1. The van der Waals surface area contributed by atoms with Gasteiger partial charge >= 0.3 is 5.97 Å². The maximum absolute atomic E-state index is 12.3. The van der Waals surface area contributed by atoms with Crippen molar-refractivity contribution >= 4 is 5.97 Å². The molecule has 1 fully saturated rings. The third-order valence-corrected chi connectivity index (χ3v) is 3.73. The van der Waals surface area contributed by atoms with Crippen LogP contribution >= 0.6 is 0 Å². The summed E-state index contributed by atoms with van der Waals surface area (Å²) in [6.07, 6.45) is 4.55. The molecule has 5 heteroatoms. The molecular formula is C15H29NO4. The molecule has 0 bridgehead atoms. The number of nitrogens with one attached hydrogen (secondary N) is 1. The first-order valence-electron chi connectivity index (χ1n) is 7.71. The molecular weight excluding hydrogens is 258 g/mol. The van der Waals surface area contributed by atoms with Crippen LogP contribution in [0.2, 0.25) is 0 Å². The molecule has 1 aliphatic rings. The van der Waals surface area contributed by atoms with E-state index in [1.54, 1.807) is 7.11 Å². The molecule has 1 N–H and O–H groups in total. The van der Waals surface area contributed by atoms with E-state index in [4.69, 9.17) is 14.2 Å². The van der Waals surface area contributed by atoms with Crippen LogP contribution in [-0.4, -0.2) is 51.1 Å². The fraction of sp³-hybridized carbons (Fsp3) is 0.933. The second kappa shape index (κ2) is 9.32. The average Bonchev–Trinajstić information content (AvgIpc) is 2.45. The summed E-state index contributed by atoms with van der Waals surface area (Å²) in [6, 6.07) is 0. The first-order valence-corrected chi connectivity index (χ1v) is 7.71. The van der Waals surface area contributed by atoms with E-state index in [2.05, 4.69) is 5.32 Å². The van der Waals surface area contributed by atoms with Gasteiger partial charge in [-0.05, 0) is 39.2 Å². The van der Waals surface area contributed by atoms with Crippen LogP contribution in [0.15, 0.2) is 0 Å². The van der Waals surface area contributed by atoms with Gasteiger partial charge in [-0.25, -0.2) is 0 Å². The van der Waals surface area contributed by atoms with Crippen LogP contribution in [-0.2, 0) is 19.0 Å². The summed E-state index contributed by atoms with van der Waals surface area (Å²) >= 11 is 0. The van der Waals surface area contributed by atoms with Crippen LogP contribution in [0.1, 0.15) is 46.0 Å². The fourth-order valence-corrected chi connectivity index (χ4v) is 2.85. The van der Waals surface area contributed by atoms with Gasteiger partial charge in [0.15, 0.2) is 0 Å². The lowest BCUT2D eigenvalue weighted by molar-refractivity contribution is -0.155. The van der Waals surface area contributed by atoms with Crippen LogP contribution < -0.4 is 5.32 Å². The minimum Gasteiger partial charge on any atom is -0.465 e. The van der Waals surface area contributed by atoms with Gasteiger partial charge in [-0.3, -0.25) is 4.79 Å². The molecule has 0 heterocycles. The van der Waals surface area contributed by atoms with Gasteiger partial charge in [-0.2, -0.15) is 0 Å². The Labute approximate surface area is 122 Å². The van der Waals surface area contributed by atoms with E-state index in [-0.39, 0.29) is 12.1 Å². The van der Waals surface area contributed by atoms with E-state index in [1.807, 2.05) is 13.8 Å². The monoisotopic (exact) mass is 287 g/mol. The Hall–Kier alpha value is -0.650. The Morgan fingerprint density at radius 2 is 2.15 bits per heavy atom. The maximum atomic E-state index is 12.3. The molecule has 0 spiro atoms. The minimum atomic E-state index is -0.561. The molecule has 0 radical (unpaired) electrons. The second-order valence-electron chi connectivity index (χ2n) is 5.27. The molecule has 118 valence electrons. The summed E-state index contributed by atoms with van der Waals surface area (Å²) in [5.41, 5.74) is -0.561. The highest BCUT2D eigenvalue weighted by Crippen LogP contribution is 2.31. The number of esters is 1. The molecule has 2 atom stereocenters. The number of hydrogen-bond acceptors (Lipinski definition) is 5. The average molecular weight is 287 g/mol. The topological polar surface area (TPSA) is 56.8 Å². The number of likely N-dealkylation sites (N-methyl/N-ethyl adjacent to an activating group) is 1. The van der Waals surface area contributed by atoms with Crippen molar-refractivity contribution in [2.24, 2.45) is 0 Å². The zero-order valence-electron chi connectivity index (χ0n) is 13.1. The van der Waals surface area contributed by atoms with Crippen molar-refractivity contribution in [3.63, 3.8) is 0 Å². The standard InChI is InChI=1S/C15H29NO4/c1-4-16-15(14(17)19-5-2)9-6-8-13(12-15)20-11-7-10-18-3/h13,16H,4-12H2,1-3H3. The van der Waals surface area contributed by atoms with E-state index >= 15 is 0 Å². The van der Waals surface area contributed by atoms with Gasteiger partial charge in [0.1, 0.15) is 5.54 Å². The molecule has 1 aliphatic carbocycles. The molecule has 1 saturated carbocycles. The maximum Gasteiger partial charge on any atom is 0.326 e. The largest absolute Gasteiger partial charge is 0.465 e. The zero-order valence-corrected chi connectivity index (χ0v) is 13.1. The van der Waals surface area contributed by atoms with Crippen molar-refractivity contribution in [2.75, 3.05) is 33.5 Å². The molecule has 0 amide bonds. The number of carbonyl (C=O) groups excluding carboxylic acids is 1. The number of hydrogen-bond donors (Lipinski definition) is 1. The Kier molecular flexibility index (Phi) is 8.11. The van der Waals surface area contributed by atoms with E-state index in [0.29, 0.717) is 26.2 Å². The molecule has 0 aromatic carbocycles. The van der Waals surface area contributed by atoms with Gasteiger partial charge in [-0.1, -0.05) is 6.92 Å². The summed E-state index contributed by atoms with van der Waals surface area (Å²) in [7, 11) is 1.69. The molecule has 2 unspecified atom stereocenters. The first-order chi connectivity index (χ1) is 9.68. The van der Waals surface area contributed by atoms with E-state index in [1.165, 1.54) is 0 Å². The third-order valence-electron chi connectivity index (χ3n) is 3.73. The van der Waals surface area contributed by atoms with Gasteiger partial charge in [0.25, 0.3) is 0 Å². The van der Waals surface area contributed by atoms with Gasteiger partial charge in [0.2, 0.25) is 0 Å². The van der Waals surface area contributed by atoms with Crippen molar-refractivity contribution in [3.05, 3.63) is 0 Å². The van der Waals surface area contributed by atoms with Crippen molar-refractivity contribution < 1.29 is 19.0 Å². The Balaban J connectivity index is 2.54. The molecule has 0 saturated heterocycles. The third kappa shape index (κ3) is 5.04. The Bertz CT molecular complexity index is 281. The summed E-state index contributed by atoms with van der Waals surface area (Å²) < 4.78 is 16.2. The van der Waals surface area contributed by atoms with Crippen molar-refractivity contribution in [1.29, 1.82) is 0 Å². The summed E-state index contributed by atoms with van der Waals surface area (Å²) in [5.74, 6) is -0.132. The second-order valence-corrected chi connectivity index (χ2v) is 5.27. The van der Waals surface area contributed by atoms with Crippen molar-refractivity contribution in [3.8, 4) is 0 Å². The normalized spacial score (nSPS) is 26.4. The van der Waals surface area contributed by atoms with Crippen LogP contribution in [0.25, 0.3) is 0 Å². The number of ether oxygens (including phenoxy) is 3. The van der Waals surface area contributed by atoms with Gasteiger partial charge in [0.05, 0.1) is 12.7 Å². The predicted molar refractivity (Wildman–Crippen MR) is 77.7 cm³/mol. The summed E-state index contributed by atoms with van der Waals surface area (Å²) in [5, 5.41) is 3.33. The highest BCUT2D eigenvalue weighted by molar-refractivity contribution is 5.81. The summed E-state index contributed by atoms with van der Waals surface area (Å²) in [4.78, 5) is 12.3. The fourth-order valence-electron chi connectivity index (χ4n) is 2.85. The van der Waals surface area contributed by atoms with Crippen molar-refractivity contribution in [2.45, 2.75) is 57.6 Å². The number of carbonyl (C=O) groups is 1. The molecule has 1 rings (SSSR count). The predicted octanol–water partition coefficient (Wildman–Crippen LogP) is 1.89. The van der Waals surface area contributed by atoms with Gasteiger partial charge in [-0.15, -0.1) is 0 Å². The molecule has 0 aromatic heterocycles. The van der Waals surface area contributed by atoms with E-state index < -0.39 is 5.54 Å². The smallest absolute Gasteiger partial charge is 0.326 e. The van der Waals surface area contributed by atoms with Crippen molar-refractivity contribution in [1.82, 2.24) is 5.32 Å². The minimum absolute atomic E-state index is 0.129. The van der Waals surface area contributed by atoms with Crippen LogP contribution in [0.5, 0.6) is 0 Å². The highest BCUT2D eigenvalue weighted by Gasteiger charge is 2.43. The Morgan fingerprint density at radius 1 is 1.35 bits per heavy atom.